The van der Waals surface area contributed by atoms with Crippen molar-refractivity contribution in [2.75, 3.05) is 20.7 Å². The Morgan fingerprint density at radius 3 is 2.22 bits per heavy atom. The van der Waals surface area contributed by atoms with Gasteiger partial charge in [0.2, 0.25) is 23.6 Å². The van der Waals surface area contributed by atoms with Gasteiger partial charge in [-0.2, -0.15) is 12.6 Å². The lowest BCUT2D eigenvalue weighted by Crippen LogP contribution is -2.50. The van der Waals surface area contributed by atoms with Gasteiger partial charge in [0.25, 0.3) is 0 Å². The van der Waals surface area contributed by atoms with Crippen LogP contribution in [0, 0.1) is 11.8 Å². The second kappa shape index (κ2) is 13.6. The molecule has 4 amide bonds. The number of amides is 4. The first-order chi connectivity index (χ1) is 15.1. The van der Waals surface area contributed by atoms with Crippen molar-refractivity contribution >= 4 is 36.3 Å². The van der Waals surface area contributed by atoms with Gasteiger partial charge in [-0.3, -0.25) is 19.2 Å². The molecule has 0 saturated heterocycles. The van der Waals surface area contributed by atoms with E-state index in [4.69, 9.17) is 10.5 Å². The summed E-state index contributed by atoms with van der Waals surface area (Å²) in [6.07, 6.45) is 0.705. The Labute approximate surface area is 194 Å². The van der Waals surface area contributed by atoms with Crippen LogP contribution < -0.4 is 26.4 Å². The topological polar surface area (TPSA) is 140 Å². The predicted octanol–water partition coefficient (Wildman–Crippen LogP) is 0.421. The largest absolute Gasteiger partial charge is 0.497 e. The monoisotopic (exact) mass is 466 g/mol. The van der Waals surface area contributed by atoms with Crippen molar-refractivity contribution in [2.24, 2.45) is 17.6 Å². The van der Waals surface area contributed by atoms with Gasteiger partial charge in [-0.05, 0) is 30.0 Å². The molecule has 0 aliphatic rings. The molecule has 0 aliphatic heterocycles. The van der Waals surface area contributed by atoms with E-state index < -0.39 is 29.0 Å². The van der Waals surface area contributed by atoms with Gasteiger partial charge in [0, 0.05) is 25.1 Å². The molecule has 9 nitrogen and oxygen atoms in total. The van der Waals surface area contributed by atoms with Crippen molar-refractivity contribution in [3.8, 4) is 5.75 Å². The minimum absolute atomic E-state index is 0.0652. The number of carbonyl (C=O) groups is 4. The fourth-order valence-corrected chi connectivity index (χ4v) is 3.62. The lowest BCUT2D eigenvalue weighted by Gasteiger charge is -2.26. The Balaban J connectivity index is 2.92. The number of benzene rings is 1. The number of ether oxygens (including phenoxy) is 1. The predicted molar refractivity (Wildman–Crippen MR) is 125 cm³/mol. The molecule has 0 aromatic heterocycles. The molecule has 10 heteroatoms. The number of rotatable bonds is 13. The number of nitrogens with two attached hydrogens (primary N) is 1. The number of hydrogen-bond donors (Lipinski definition) is 5. The molecule has 2 unspecified atom stereocenters. The Kier molecular flexibility index (Phi) is 11.6. The quantitative estimate of drug-likeness (QED) is 0.268. The third-order valence-electron chi connectivity index (χ3n) is 4.86. The highest BCUT2D eigenvalue weighted by molar-refractivity contribution is 7.81. The summed E-state index contributed by atoms with van der Waals surface area (Å²) < 4.78 is 5.15. The summed E-state index contributed by atoms with van der Waals surface area (Å²) in [7, 11) is 3.07. The van der Waals surface area contributed by atoms with Crippen LogP contribution in [-0.2, 0) is 25.6 Å². The van der Waals surface area contributed by atoms with Crippen LogP contribution in [0.4, 0.5) is 0 Å². The Bertz CT molecular complexity index is 785. The zero-order valence-electron chi connectivity index (χ0n) is 19.0. The molecule has 178 valence electrons. The Morgan fingerprint density at radius 1 is 1.09 bits per heavy atom. The van der Waals surface area contributed by atoms with Crippen molar-refractivity contribution in [1.29, 1.82) is 0 Å². The zero-order chi connectivity index (χ0) is 24.3. The summed E-state index contributed by atoms with van der Waals surface area (Å²) in [6.45, 7) is 3.64. The smallest absolute Gasteiger partial charge is 0.242 e. The molecular weight excluding hydrogens is 432 g/mol. The van der Waals surface area contributed by atoms with Crippen LogP contribution in [0.5, 0.6) is 5.75 Å². The maximum Gasteiger partial charge on any atom is 0.242 e. The number of carbonyl (C=O) groups excluding carboxylic acids is 4. The summed E-state index contributed by atoms with van der Waals surface area (Å²) in [5, 5.41) is 7.20. The summed E-state index contributed by atoms with van der Waals surface area (Å²) in [4.78, 5) is 48.5. The van der Waals surface area contributed by atoms with E-state index in [1.165, 1.54) is 7.05 Å². The van der Waals surface area contributed by atoms with Gasteiger partial charge >= 0.3 is 0 Å². The standard InChI is InChI=1S/C22H34N4O5S/c1-13(2)9-16(18(32)11-20(28)25-12-19(23)27)21(29)26-17(22(30)24-3)10-14-5-7-15(31-4)8-6-14/h5-8,13,16-18,32H,9-12H2,1-4H3,(H2,23,27)(H,24,30)(H,25,28)(H,26,29)/t16?,17-,18?/m0/s1. The molecule has 0 bridgehead atoms. The van der Waals surface area contributed by atoms with Gasteiger partial charge < -0.3 is 26.4 Å². The van der Waals surface area contributed by atoms with Crippen LogP contribution >= 0.6 is 12.6 Å². The summed E-state index contributed by atoms with van der Waals surface area (Å²) in [5.41, 5.74) is 5.89. The van der Waals surface area contributed by atoms with Crippen molar-refractivity contribution in [3.63, 3.8) is 0 Å². The average Bonchev–Trinajstić information content (AvgIpc) is 2.75. The minimum Gasteiger partial charge on any atom is -0.497 e. The molecule has 0 spiro atoms. The number of methoxy groups -OCH3 is 1. The molecule has 0 radical (unpaired) electrons. The number of nitrogens with one attached hydrogen (secondary N) is 3. The molecule has 5 N–H and O–H groups in total. The van der Waals surface area contributed by atoms with Crippen LogP contribution in [0.25, 0.3) is 0 Å². The lowest BCUT2D eigenvalue weighted by atomic mass is 9.90. The van der Waals surface area contributed by atoms with Crippen molar-refractivity contribution in [1.82, 2.24) is 16.0 Å². The SMILES string of the molecule is CNC(=O)[C@H](Cc1ccc(OC)cc1)NC(=O)C(CC(C)C)C(S)CC(=O)NCC(N)=O. The van der Waals surface area contributed by atoms with E-state index in [2.05, 4.69) is 28.6 Å². The molecule has 0 aliphatic carbocycles. The van der Waals surface area contributed by atoms with Crippen LogP contribution in [-0.4, -0.2) is 55.6 Å². The molecule has 1 rings (SSSR count). The Hall–Kier alpha value is -2.75. The summed E-state index contributed by atoms with van der Waals surface area (Å²) in [5.74, 6) is -1.52. The van der Waals surface area contributed by atoms with E-state index in [-0.39, 0.29) is 30.7 Å². The number of primary amides is 1. The normalized spacial score (nSPS) is 13.6. The van der Waals surface area contributed by atoms with Crippen LogP contribution in [0.3, 0.4) is 0 Å². The van der Waals surface area contributed by atoms with Crippen LogP contribution in [0.1, 0.15) is 32.3 Å². The van der Waals surface area contributed by atoms with E-state index in [0.29, 0.717) is 18.6 Å². The molecule has 0 saturated carbocycles. The molecule has 1 aromatic rings. The fourth-order valence-electron chi connectivity index (χ4n) is 3.20. The second-order valence-corrected chi connectivity index (χ2v) is 8.64. The number of likely N-dealkylation sites (N-methyl/N-ethyl adjacent to an activating group) is 1. The highest BCUT2D eigenvalue weighted by atomic mass is 32.1. The van der Waals surface area contributed by atoms with Gasteiger partial charge in [-0.25, -0.2) is 0 Å². The van der Waals surface area contributed by atoms with Crippen molar-refractivity contribution in [3.05, 3.63) is 29.8 Å². The first-order valence-corrected chi connectivity index (χ1v) is 11.0. The second-order valence-electron chi connectivity index (χ2n) is 7.98. The summed E-state index contributed by atoms with van der Waals surface area (Å²) in [6, 6.07) is 6.44. The van der Waals surface area contributed by atoms with E-state index in [9.17, 15) is 19.2 Å². The van der Waals surface area contributed by atoms with Crippen LogP contribution in [0.2, 0.25) is 0 Å². The first kappa shape index (κ1) is 27.3. The van der Waals surface area contributed by atoms with E-state index in [1.54, 1.807) is 19.2 Å². The fraction of sp³-hybridized carbons (Fsp3) is 0.545. The van der Waals surface area contributed by atoms with Crippen molar-refractivity contribution < 1.29 is 23.9 Å². The van der Waals surface area contributed by atoms with E-state index >= 15 is 0 Å². The van der Waals surface area contributed by atoms with Gasteiger partial charge in [-0.1, -0.05) is 26.0 Å². The number of hydrogen-bond acceptors (Lipinski definition) is 6. The maximum absolute atomic E-state index is 13.1. The third kappa shape index (κ3) is 9.59. The number of thiol groups is 1. The van der Waals surface area contributed by atoms with E-state index in [0.717, 1.165) is 5.56 Å². The van der Waals surface area contributed by atoms with Gasteiger partial charge in [0.1, 0.15) is 11.8 Å². The molecular formula is C22H34N4O5S. The Morgan fingerprint density at radius 2 is 1.72 bits per heavy atom. The first-order valence-electron chi connectivity index (χ1n) is 10.4. The molecule has 0 fully saturated rings. The third-order valence-corrected chi connectivity index (χ3v) is 5.40. The molecule has 0 heterocycles. The molecule has 3 atom stereocenters. The van der Waals surface area contributed by atoms with Crippen molar-refractivity contribution in [2.45, 2.75) is 44.4 Å². The van der Waals surface area contributed by atoms with Crippen LogP contribution in [0.15, 0.2) is 24.3 Å². The summed E-state index contributed by atoms with van der Waals surface area (Å²) >= 11 is 4.49. The van der Waals surface area contributed by atoms with E-state index in [1.807, 2.05) is 26.0 Å². The molecule has 32 heavy (non-hydrogen) atoms. The highest BCUT2D eigenvalue weighted by Crippen LogP contribution is 2.23. The average molecular weight is 467 g/mol. The maximum atomic E-state index is 13.1. The molecule has 1 aromatic carbocycles. The van der Waals surface area contributed by atoms with Gasteiger partial charge in [0.15, 0.2) is 0 Å². The highest BCUT2D eigenvalue weighted by Gasteiger charge is 2.31. The minimum atomic E-state index is -0.792. The lowest BCUT2D eigenvalue weighted by molar-refractivity contribution is -0.131. The van der Waals surface area contributed by atoms with Gasteiger partial charge in [-0.15, -0.1) is 0 Å². The van der Waals surface area contributed by atoms with Gasteiger partial charge in [0.05, 0.1) is 19.6 Å². The zero-order valence-corrected chi connectivity index (χ0v) is 19.9.